The fourth-order valence-corrected chi connectivity index (χ4v) is 1.65. The number of rotatable bonds is 7. The van der Waals surface area contributed by atoms with E-state index in [1.165, 1.54) is 24.3 Å². The summed E-state index contributed by atoms with van der Waals surface area (Å²) in [5, 5.41) is 6.41. The van der Waals surface area contributed by atoms with Gasteiger partial charge in [-0.2, -0.15) is 0 Å². The molecular weight excluding hydrogens is 249 g/mol. The first-order chi connectivity index (χ1) is 9.00. The van der Waals surface area contributed by atoms with Crippen molar-refractivity contribution in [3.8, 4) is 0 Å². The van der Waals surface area contributed by atoms with E-state index in [1.807, 2.05) is 0 Å². The van der Waals surface area contributed by atoms with Crippen molar-refractivity contribution in [3.05, 3.63) is 46.1 Å². The van der Waals surface area contributed by atoms with Crippen LogP contribution in [-0.4, -0.2) is 19.0 Å². The van der Waals surface area contributed by atoms with Gasteiger partial charge >= 0.3 is 0 Å². The molecule has 1 aromatic carbocycles. The number of benzene rings is 1. The molecule has 0 bridgehead atoms. The van der Waals surface area contributed by atoms with Crippen LogP contribution >= 0.6 is 0 Å². The minimum Gasteiger partial charge on any atom is -0.368 e. The zero-order valence-corrected chi connectivity index (χ0v) is 10.6. The molecule has 1 rings (SSSR count). The quantitative estimate of drug-likeness (QED) is 0.340. The Labute approximate surface area is 110 Å². The van der Waals surface area contributed by atoms with Crippen molar-refractivity contribution in [3.63, 3.8) is 0 Å². The topological polar surface area (TPSA) is 104 Å². The van der Waals surface area contributed by atoms with E-state index >= 15 is 0 Å². The molecule has 0 spiro atoms. The van der Waals surface area contributed by atoms with Crippen LogP contribution in [0.1, 0.15) is 18.9 Å². The number of hydrogen-bond donors (Lipinski definition) is 2. The molecule has 0 aliphatic rings. The molecule has 1 unspecified atom stereocenters. The maximum absolute atomic E-state index is 12.9. The van der Waals surface area contributed by atoms with Crippen molar-refractivity contribution in [2.24, 2.45) is 10.8 Å². The van der Waals surface area contributed by atoms with Crippen molar-refractivity contribution in [2.45, 2.75) is 18.9 Å². The molecule has 0 radical (unpaired) electrons. The largest absolute Gasteiger partial charge is 0.368 e. The number of halogens is 1. The highest BCUT2D eigenvalue weighted by molar-refractivity contribution is 5.85. The van der Waals surface area contributed by atoms with Crippen molar-refractivity contribution in [2.75, 3.05) is 13.1 Å². The Bertz CT molecular complexity index is 483. The van der Waals surface area contributed by atoms with E-state index in [0.717, 1.165) is 0 Å². The smallest absolute Gasteiger partial charge is 0.242 e. The van der Waals surface area contributed by atoms with E-state index in [2.05, 4.69) is 15.3 Å². The zero-order valence-electron chi connectivity index (χ0n) is 10.6. The lowest BCUT2D eigenvalue weighted by molar-refractivity contribution is -0.124. The van der Waals surface area contributed by atoms with Crippen molar-refractivity contribution in [1.82, 2.24) is 5.32 Å². The fraction of sp³-hybridized carbons (Fsp3) is 0.417. The van der Waals surface area contributed by atoms with Crippen molar-refractivity contribution in [1.29, 1.82) is 0 Å². The van der Waals surface area contributed by atoms with Crippen LogP contribution in [-0.2, 0) is 10.3 Å². The average molecular weight is 265 g/mol. The predicted molar refractivity (Wildman–Crippen MR) is 69.6 cm³/mol. The summed E-state index contributed by atoms with van der Waals surface area (Å²) in [7, 11) is 0. The van der Waals surface area contributed by atoms with E-state index in [4.69, 9.17) is 11.3 Å². The summed E-state index contributed by atoms with van der Waals surface area (Å²) < 4.78 is 12.9. The number of carbonyl (C=O) groups excluding carboxylic acids is 1. The highest BCUT2D eigenvalue weighted by atomic mass is 19.1. The van der Waals surface area contributed by atoms with Crippen LogP contribution in [0.5, 0.6) is 0 Å². The van der Waals surface area contributed by atoms with Crippen LogP contribution in [0.15, 0.2) is 29.4 Å². The summed E-state index contributed by atoms with van der Waals surface area (Å²) in [5.41, 5.74) is 13.1. The minimum atomic E-state index is -1.08. The van der Waals surface area contributed by atoms with Crippen molar-refractivity contribution < 1.29 is 9.18 Å². The molecule has 1 amide bonds. The highest BCUT2D eigenvalue weighted by Crippen LogP contribution is 2.20. The van der Waals surface area contributed by atoms with Gasteiger partial charge in [0, 0.05) is 11.5 Å². The monoisotopic (exact) mass is 265 g/mol. The van der Waals surface area contributed by atoms with Gasteiger partial charge in [0.1, 0.15) is 11.4 Å². The molecule has 102 valence electrons. The number of azide groups is 1. The first kappa shape index (κ1) is 14.9. The van der Waals surface area contributed by atoms with Gasteiger partial charge in [-0.15, -0.1) is 0 Å². The van der Waals surface area contributed by atoms with Gasteiger partial charge in [-0.3, -0.25) is 10.1 Å². The minimum absolute atomic E-state index is 0.335. The van der Waals surface area contributed by atoms with Gasteiger partial charge in [-0.05, 0) is 43.1 Å². The first-order valence-corrected chi connectivity index (χ1v) is 5.82. The number of primary amides is 1. The molecule has 3 N–H and O–H groups in total. The SMILES string of the molecule is CC(NCCCN=[N+]=[N-])(C(N)=O)c1ccc(F)cc1. The molecule has 19 heavy (non-hydrogen) atoms. The molecule has 1 atom stereocenters. The molecule has 0 heterocycles. The lowest BCUT2D eigenvalue weighted by atomic mass is 9.91. The average Bonchev–Trinajstić information content (AvgIpc) is 2.38. The fourth-order valence-electron chi connectivity index (χ4n) is 1.65. The van der Waals surface area contributed by atoms with Gasteiger partial charge in [-0.1, -0.05) is 17.2 Å². The lowest BCUT2D eigenvalue weighted by Crippen LogP contribution is -2.50. The maximum Gasteiger partial charge on any atom is 0.242 e. The Balaban J connectivity index is 2.76. The third-order valence-electron chi connectivity index (χ3n) is 2.89. The molecule has 7 heteroatoms. The molecule has 0 saturated heterocycles. The van der Waals surface area contributed by atoms with Crippen LogP contribution < -0.4 is 11.1 Å². The number of hydrogen-bond acceptors (Lipinski definition) is 3. The number of nitrogens with zero attached hydrogens (tertiary/aromatic N) is 3. The van der Waals surface area contributed by atoms with Gasteiger partial charge in [-0.25, -0.2) is 4.39 Å². The highest BCUT2D eigenvalue weighted by Gasteiger charge is 2.32. The van der Waals surface area contributed by atoms with E-state index < -0.39 is 11.4 Å². The molecule has 1 aromatic rings. The normalized spacial score (nSPS) is 13.4. The molecule has 0 fully saturated rings. The third kappa shape index (κ3) is 3.94. The molecule has 0 aliphatic carbocycles. The Morgan fingerprint density at radius 2 is 2.16 bits per heavy atom. The van der Waals surface area contributed by atoms with Crippen LogP contribution in [0.25, 0.3) is 10.4 Å². The second kappa shape index (κ2) is 6.72. The predicted octanol–water partition coefficient (Wildman–Crippen LogP) is 1.82. The molecule has 0 saturated carbocycles. The van der Waals surface area contributed by atoms with Crippen LogP contribution in [0.4, 0.5) is 4.39 Å². The molecular formula is C12H16FN5O. The number of amides is 1. The summed E-state index contributed by atoms with van der Waals surface area (Å²) in [6.45, 7) is 2.42. The van der Waals surface area contributed by atoms with E-state index in [9.17, 15) is 9.18 Å². The summed E-state index contributed by atoms with van der Waals surface area (Å²) in [6, 6.07) is 5.58. The maximum atomic E-state index is 12.9. The standard InChI is InChI=1S/C12H16FN5O/c1-12(11(14)19,16-7-2-8-17-18-15)9-3-5-10(13)6-4-9/h3-6,16H,2,7-8H2,1H3,(H2,14,19). The summed E-state index contributed by atoms with van der Waals surface area (Å²) in [5.74, 6) is -0.929. The summed E-state index contributed by atoms with van der Waals surface area (Å²) in [4.78, 5) is 14.2. The number of carbonyl (C=O) groups is 1. The van der Waals surface area contributed by atoms with Crippen LogP contribution in [0.2, 0.25) is 0 Å². The first-order valence-electron chi connectivity index (χ1n) is 5.82. The second-order valence-electron chi connectivity index (χ2n) is 4.23. The van der Waals surface area contributed by atoms with Crippen LogP contribution in [0, 0.1) is 5.82 Å². The van der Waals surface area contributed by atoms with Gasteiger partial charge in [0.25, 0.3) is 0 Å². The Hall–Kier alpha value is -2.11. The second-order valence-corrected chi connectivity index (χ2v) is 4.23. The van der Waals surface area contributed by atoms with Gasteiger partial charge in [0.2, 0.25) is 5.91 Å². The zero-order chi connectivity index (χ0) is 14.3. The Morgan fingerprint density at radius 3 is 2.68 bits per heavy atom. The number of nitrogens with two attached hydrogens (primary N) is 1. The molecule has 0 aliphatic heterocycles. The Kier molecular flexibility index (Phi) is 5.29. The molecule has 6 nitrogen and oxygen atoms in total. The van der Waals surface area contributed by atoms with Gasteiger partial charge in [0.05, 0.1) is 0 Å². The summed E-state index contributed by atoms with van der Waals surface area (Å²) >= 11 is 0. The van der Waals surface area contributed by atoms with Crippen LogP contribution in [0.3, 0.4) is 0 Å². The molecule has 0 aromatic heterocycles. The number of nitrogens with one attached hydrogen (secondary N) is 1. The van der Waals surface area contributed by atoms with Gasteiger partial charge < -0.3 is 5.73 Å². The van der Waals surface area contributed by atoms with Crippen molar-refractivity contribution >= 4 is 5.91 Å². The van der Waals surface area contributed by atoms with E-state index in [1.54, 1.807) is 6.92 Å². The van der Waals surface area contributed by atoms with Gasteiger partial charge in [0.15, 0.2) is 0 Å². The summed E-state index contributed by atoms with van der Waals surface area (Å²) in [6.07, 6.45) is 0.578. The third-order valence-corrected chi connectivity index (χ3v) is 2.89. The van der Waals surface area contributed by atoms with E-state index in [0.29, 0.717) is 25.1 Å². The Morgan fingerprint density at radius 1 is 1.53 bits per heavy atom. The van der Waals surface area contributed by atoms with E-state index in [-0.39, 0.29) is 5.82 Å². The lowest BCUT2D eigenvalue weighted by Gasteiger charge is -2.28.